The van der Waals surface area contributed by atoms with Crippen LogP contribution in [0.2, 0.25) is 5.02 Å². The first-order chi connectivity index (χ1) is 12.5. The molecule has 0 aliphatic carbocycles. The lowest BCUT2D eigenvalue weighted by Crippen LogP contribution is -1.95. The van der Waals surface area contributed by atoms with Crippen LogP contribution in [0.15, 0.2) is 62.7 Å². The fourth-order valence-corrected chi connectivity index (χ4v) is 3.55. The van der Waals surface area contributed by atoms with E-state index >= 15 is 0 Å². The first-order valence-corrected chi connectivity index (χ1v) is 9.30. The summed E-state index contributed by atoms with van der Waals surface area (Å²) in [5.41, 5.74) is 8.86. The van der Waals surface area contributed by atoms with Crippen molar-refractivity contribution in [1.82, 2.24) is 4.98 Å². The predicted octanol–water partition coefficient (Wildman–Crippen LogP) is 4.88. The molecule has 0 aliphatic heterocycles. The third-order valence-corrected chi connectivity index (χ3v) is 5.21. The minimum Gasteiger partial charge on any atom is -0.383 e. The van der Waals surface area contributed by atoms with E-state index in [1.165, 1.54) is 35.4 Å². The van der Waals surface area contributed by atoms with Crippen LogP contribution in [0.1, 0.15) is 5.56 Å². The molecule has 0 aliphatic rings. The number of nitrogens with two attached hydrogens (primary N) is 1. The molecule has 0 saturated heterocycles. The Morgan fingerprint density at radius 2 is 2.08 bits per heavy atom. The summed E-state index contributed by atoms with van der Waals surface area (Å²) in [7, 11) is 0. The summed E-state index contributed by atoms with van der Waals surface area (Å²) < 4.78 is 0. The minimum atomic E-state index is -0.412. The number of rotatable bonds is 6. The second kappa shape index (κ2) is 8.17. The highest BCUT2D eigenvalue weighted by Gasteiger charge is 2.15. The number of anilines is 2. The molecule has 0 spiro atoms. The fourth-order valence-electron chi connectivity index (χ4n) is 1.97. The van der Waals surface area contributed by atoms with Crippen LogP contribution in [0.25, 0.3) is 0 Å². The van der Waals surface area contributed by atoms with Gasteiger partial charge in [0.05, 0.1) is 16.0 Å². The largest absolute Gasteiger partial charge is 0.383 e. The molecule has 3 aromatic rings. The molecule has 0 atom stereocenters. The monoisotopic (exact) mass is 405 g/mol. The maximum Gasteiger partial charge on any atom is 0.283 e. The number of halogens is 1. The van der Waals surface area contributed by atoms with Gasteiger partial charge in [-0.1, -0.05) is 29.4 Å². The molecule has 0 saturated carbocycles. The van der Waals surface area contributed by atoms with Gasteiger partial charge in [0.15, 0.2) is 0 Å². The molecular weight excluding hydrogens is 394 g/mol. The molecule has 0 unspecified atom stereocenters. The number of nitrogens with one attached hydrogen (secondary N) is 1. The van der Waals surface area contributed by atoms with E-state index in [-0.39, 0.29) is 5.69 Å². The number of nitrogens with zero attached hydrogens (tertiary/aromatic N) is 3. The Morgan fingerprint density at radius 1 is 1.31 bits per heavy atom. The van der Waals surface area contributed by atoms with Crippen molar-refractivity contribution in [2.45, 2.75) is 9.79 Å². The lowest BCUT2D eigenvalue weighted by molar-refractivity contribution is -0.387. The van der Waals surface area contributed by atoms with Crippen molar-refractivity contribution >= 4 is 57.6 Å². The Balaban J connectivity index is 1.77. The number of hydrogen-bond donors (Lipinski definition) is 2. The number of nitro groups is 1. The Morgan fingerprint density at radius 3 is 2.73 bits per heavy atom. The Kier molecular flexibility index (Phi) is 5.71. The van der Waals surface area contributed by atoms with Crippen LogP contribution in [0, 0.1) is 10.1 Å². The highest BCUT2D eigenvalue weighted by Crippen LogP contribution is 2.35. The van der Waals surface area contributed by atoms with Crippen LogP contribution in [-0.2, 0) is 0 Å². The Bertz CT molecular complexity index is 960. The van der Waals surface area contributed by atoms with Crippen LogP contribution < -0.4 is 11.2 Å². The van der Waals surface area contributed by atoms with Gasteiger partial charge in [-0.2, -0.15) is 5.10 Å². The number of benzene rings is 2. The zero-order valence-electron chi connectivity index (χ0n) is 13.1. The molecule has 0 bridgehead atoms. The highest BCUT2D eigenvalue weighted by atomic mass is 35.5. The first-order valence-electron chi connectivity index (χ1n) is 7.23. The third kappa shape index (κ3) is 4.72. The maximum atomic E-state index is 11.4. The smallest absolute Gasteiger partial charge is 0.283 e. The summed E-state index contributed by atoms with van der Waals surface area (Å²) in [5, 5.41) is 18.3. The standard InChI is InChI=1S/C16H12ClN5O2S2/c17-11-2-4-12(5-3-11)26-14-6-1-10(7-13(14)22(23)24)8-19-21-16-20-15(18)9-25-16/h1-9H,18H2,(H,20,21). The number of thiazole rings is 1. The summed E-state index contributed by atoms with van der Waals surface area (Å²) >= 11 is 8.48. The van der Waals surface area contributed by atoms with Crippen molar-refractivity contribution in [3.63, 3.8) is 0 Å². The summed E-state index contributed by atoms with van der Waals surface area (Å²) in [4.78, 5) is 16.4. The molecule has 0 fully saturated rings. The molecule has 132 valence electrons. The van der Waals surface area contributed by atoms with Crippen molar-refractivity contribution in [3.8, 4) is 0 Å². The molecule has 1 aromatic heterocycles. The van der Waals surface area contributed by atoms with Gasteiger partial charge in [-0.25, -0.2) is 4.98 Å². The second-order valence-corrected chi connectivity index (χ2v) is 7.40. The zero-order chi connectivity index (χ0) is 18.5. The Labute approximate surface area is 162 Å². The number of nitro benzene ring substituents is 1. The van der Waals surface area contributed by atoms with E-state index in [1.54, 1.807) is 29.6 Å². The topological polar surface area (TPSA) is 106 Å². The van der Waals surface area contributed by atoms with E-state index in [2.05, 4.69) is 15.5 Å². The van der Waals surface area contributed by atoms with Gasteiger partial charge in [-0.05, 0) is 30.3 Å². The van der Waals surface area contributed by atoms with Crippen molar-refractivity contribution in [2.75, 3.05) is 11.2 Å². The average molecular weight is 406 g/mol. The van der Waals surface area contributed by atoms with Gasteiger partial charge in [0, 0.05) is 26.9 Å². The number of hydrazone groups is 1. The van der Waals surface area contributed by atoms with Crippen molar-refractivity contribution in [2.24, 2.45) is 5.10 Å². The van der Waals surface area contributed by atoms with Gasteiger partial charge in [-0.15, -0.1) is 11.3 Å². The fraction of sp³-hybridized carbons (Fsp3) is 0. The molecule has 26 heavy (non-hydrogen) atoms. The normalized spacial score (nSPS) is 11.0. The van der Waals surface area contributed by atoms with Crippen LogP contribution in [-0.4, -0.2) is 16.1 Å². The molecule has 7 nitrogen and oxygen atoms in total. The lowest BCUT2D eigenvalue weighted by atomic mass is 10.2. The zero-order valence-corrected chi connectivity index (χ0v) is 15.5. The van der Waals surface area contributed by atoms with E-state index in [1.807, 2.05) is 12.1 Å². The van der Waals surface area contributed by atoms with Crippen molar-refractivity contribution in [1.29, 1.82) is 0 Å². The van der Waals surface area contributed by atoms with E-state index in [9.17, 15) is 10.1 Å². The summed E-state index contributed by atoms with van der Waals surface area (Å²) in [6.45, 7) is 0. The van der Waals surface area contributed by atoms with Gasteiger partial charge in [0.1, 0.15) is 5.82 Å². The average Bonchev–Trinajstić information content (AvgIpc) is 3.03. The molecule has 0 amide bonds. The molecule has 2 aromatic carbocycles. The van der Waals surface area contributed by atoms with Gasteiger partial charge < -0.3 is 5.73 Å². The molecule has 10 heteroatoms. The van der Waals surface area contributed by atoms with Crippen LogP contribution >= 0.6 is 34.7 Å². The Hall–Kier alpha value is -2.62. The maximum absolute atomic E-state index is 11.4. The van der Waals surface area contributed by atoms with E-state index in [4.69, 9.17) is 17.3 Å². The summed E-state index contributed by atoms with van der Waals surface area (Å²) in [6, 6.07) is 12.0. The second-order valence-electron chi connectivity index (χ2n) is 4.99. The summed E-state index contributed by atoms with van der Waals surface area (Å²) in [5.74, 6) is 0.409. The molecule has 3 rings (SSSR count). The van der Waals surface area contributed by atoms with Crippen LogP contribution in [0.3, 0.4) is 0 Å². The quantitative estimate of drug-likeness (QED) is 0.343. The van der Waals surface area contributed by atoms with Gasteiger partial charge >= 0.3 is 0 Å². The molecule has 0 radical (unpaired) electrons. The summed E-state index contributed by atoms with van der Waals surface area (Å²) in [6.07, 6.45) is 1.49. The van der Waals surface area contributed by atoms with Crippen molar-refractivity contribution in [3.05, 3.63) is 68.5 Å². The minimum absolute atomic E-state index is 0.00685. The molecule has 3 N–H and O–H groups in total. The first kappa shape index (κ1) is 18.2. The van der Waals surface area contributed by atoms with Gasteiger partial charge in [-0.3, -0.25) is 15.5 Å². The number of hydrogen-bond acceptors (Lipinski definition) is 8. The number of aromatic nitrogens is 1. The number of nitrogen functional groups attached to an aromatic ring is 1. The van der Waals surface area contributed by atoms with Gasteiger partial charge in [0.2, 0.25) is 5.13 Å². The van der Waals surface area contributed by atoms with E-state index in [0.29, 0.717) is 26.4 Å². The highest BCUT2D eigenvalue weighted by molar-refractivity contribution is 7.99. The predicted molar refractivity (Wildman–Crippen MR) is 106 cm³/mol. The van der Waals surface area contributed by atoms with Crippen LogP contribution in [0.4, 0.5) is 16.6 Å². The van der Waals surface area contributed by atoms with Gasteiger partial charge in [0.25, 0.3) is 5.69 Å². The van der Waals surface area contributed by atoms with E-state index < -0.39 is 4.92 Å². The third-order valence-electron chi connectivity index (χ3n) is 3.12. The van der Waals surface area contributed by atoms with Crippen LogP contribution in [0.5, 0.6) is 0 Å². The lowest BCUT2D eigenvalue weighted by Gasteiger charge is -2.04. The molecular formula is C16H12ClN5O2S2. The van der Waals surface area contributed by atoms with Crippen molar-refractivity contribution < 1.29 is 4.92 Å². The van der Waals surface area contributed by atoms with E-state index in [0.717, 1.165) is 4.90 Å². The molecule has 1 heterocycles. The SMILES string of the molecule is Nc1csc(NN=Cc2ccc(Sc3ccc(Cl)cc3)c([N+](=O)[O-])c2)n1.